The van der Waals surface area contributed by atoms with Crippen molar-refractivity contribution >= 4 is 5.91 Å². The van der Waals surface area contributed by atoms with Crippen LogP contribution < -0.4 is 5.32 Å². The van der Waals surface area contributed by atoms with Gasteiger partial charge in [0.1, 0.15) is 12.0 Å². The van der Waals surface area contributed by atoms with E-state index >= 15 is 0 Å². The van der Waals surface area contributed by atoms with Crippen molar-refractivity contribution in [3.05, 3.63) is 0 Å². The van der Waals surface area contributed by atoms with E-state index in [-0.39, 0.29) is 12.3 Å². The van der Waals surface area contributed by atoms with Crippen LogP contribution in [0.1, 0.15) is 39.0 Å². The van der Waals surface area contributed by atoms with Crippen molar-refractivity contribution in [1.29, 1.82) is 10.5 Å². The molecule has 1 fully saturated rings. The lowest BCUT2D eigenvalue weighted by molar-refractivity contribution is -0.121. The van der Waals surface area contributed by atoms with Gasteiger partial charge in [0.15, 0.2) is 0 Å². The van der Waals surface area contributed by atoms with E-state index in [1.165, 1.54) is 0 Å². The summed E-state index contributed by atoms with van der Waals surface area (Å²) in [6, 6.07) is 3.97. The maximum atomic E-state index is 11.3. The SMILES string of the molecule is CC1CCC(C#N)(NC(=O)CC#N)CC1. The summed E-state index contributed by atoms with van der Waals surface area (Å²) >= 11 is 0. The Morgan fingerprint density at radius 2 is 2.07 bits per heavy atom. The molecule has 0 aromatic heterocycles. The lowest BCUT2D eigenvalue weighted by Crippen LogP contribution is -2.49. The van der Waals surface area contributed by atoms with E-state index in [1.807, 2.05) is 0 Å². The number of hydrogen-bond donors (Lipinski definition) is 1. The number of nitriles is 2. The quantitative estimate of drug-likeness (QED) is 0.741. The molecular weight excluding hydrogens is 190 g/mol. The molecule has 0 aromatic carbocycles. The second-order valence-electron chi connectivity index (χ2n) is 4.26. The van der Waals surface area contributed by atoms with Gasteiger partial charge in [0.25, 0.3) is 0 Å². The number of nitrogens with zero attached hydrogens (tertiary/aromatic N) is 2. The van der Waals surface area contributed by atoms with Crippen LogP contribution in [0, 0.1) is 28.6 Å². The number of nitrogens with one attached hydrogen (secondary N) is 1. The highest BCUT2D eigenvalue weighted by molar-refractivity contribution is 5.79. The molecule has 0 bridgehead atoms. The first-order valence-corrected chi connectivity index (χ1v) is 5.21. The Kier molecular flexibility index (Phi) is 3.68. The predicted octanol–water partition coefficient (Wildman–Crippen LogP) is 1.49. The summed E-state index contributed by atoms with van der Waals surface area (Å²) in [6.07, 6.45) is 3.14. The van der Waals surface area contributed by atoms with Crippen LogP contribution in [0.3, 0.4) is 0 Å². The first kappa shape index (κ1) is 11.5. The average Bonchev–Trinajstić information content (AvgIpc) is 2.22. The van der Waals surface area contributed by atoms with Gasteiger partial charge in [0.05, 0.1) is 12.1 Å². The zero-order chi connectivity index (χ0) is 11.3. The molecule has 0 aliphatic heterocycles. The molecule has 0 spiro atoms. The van der Waals surface area contributed by atoms with Gasteiger partial charge in [-0.05, 0) is 31.6 Å². The van der Waals surface area contributed by atoms with Crippen molar-refractivity contribution < 1.29 is 4.79 Å². The molecule has 15 heavy (non-hydrogen) atoms. The van der Waals surface area contributed by atoms with Crippen LogP contribution in [-0.4, -0.2) is 11.4 Å². The fraction of sp³-hybridized carbons (Fsp3) is 0.727. The largest absolute Gasteiger partial charge is 0.337 e. The molecule has 1 aliphatic rings. The summed E-state index contributed by atoms with van der Waals surface area (Å²) in [5.41, 5.74) is -0.722. The van der Waals surface area contributed by atoms with Crippen molar-refractivity contribution in [2.75, 3.05) is 0 Å². The van der Waals surface area contributed by atoms with E-state index in [2.05, 4.69) is 18.3 Å². The Balaban J connectivity index is 2.59. The Labute approximate surface area is 89.9 Å². The van der Waals surface area contributed by atoms with Gasteiger partial charge >= 0.3 is 0 Å². The van der Waals surface area contributed by atoms with Gasteiger partial charge < -0.3 is 5.32 Å². The fourth-order valence-electron chi connectivity index (χ4n) is 1.90. The molecule has 1 N–H and O–H groups in total. The predicted molar refractivity (Wildman–Crippen MR) is 54.3 cm³/mol. The summed E-state index contributed by atoms with van der Waals surface area (Å²) in [5.74, 6) is 0.285. The van der Waals surface area contributed by atoms with Crippen molar-refractivity contribution in [2.45, 2.75) is 44.6 Å². The topological polar surface area (TPSA) is 76.7 Å². The first-order chi connectivity index (χ1) is 7.12. The van der Waals surface area contributed by atoms with E-state index in [1.54, 1.807) is 6.07 Å². The molecular formula is C11H15N3O. The summed E-state index contributed by atoms with van der Waals surface area (Å²) in [6.45, 7) is 2.15. The van der Waals surface area contributed by atoms with Gasteiger partial charge in [-0.25, -0.2) is 0 Å². The van der Waals surface area contributed by atoms with Crippen LogP contribution in [0.4, 0.5) is 0 Å². The molecule has 1 aliphatic carbocycles. The van der Waals surface area contributed by atoms with Crippen LogP contribution in [-0.2, 0) is 4.79 Å². The summed E-state index contributed by atoms with van der Waals surface area (Å²) in [4.78, 5) is 11.3. The third kappa shape index (κ3) is 2.95. The molecule has 80 valence electrons. The van der Waals surface area contributed by atoms with Crippen molar-refractivity contribution in [1.82, 2.24) is 5.32 Å². The molecule has 0 aromatic rings. The molecule has 0 saturated heterocycles. The Morgan fingerprint density at radius 3 is 2.53 bits per heavy atom. The highest BCUT2D eigenvalue weighted by atomic mass is 16.1. The maximum absolute atomic E-state index is 11.3. The summed E-state index contributed by atoms with van der Waals surface area (Å²) in [7, 11) is 0. The highest BCUT2D eigenvalue weighted by Crippen LogP contribution is 2.31. The lowest BCUT2D eigenvalue weighted by atomic mass is 9.78. The van der Waals surface area contributed by atoms with Crippen LogP contribution in [0.5, 0.6) is 0 Å². The van der Waals surface area contributed by atoms with Crippen molar-refractivity contribution in [3.63, 3.8) is 0 Å². The normalized spacial score (nSPS) is 29.9. The van der Waals surface area contributed by atoms with Gasteiger partial charge in [0.2, 0.25) is 5.91 Å². The Hall–Kier alpha value is -1.55. The van der Waals surface area contributed by atoms with E-state index in [0.717, 1.165) is 12.8 Å². The van der Waals surface area contributed by atoms with E-state index < -0.39 is 5.54 Å². The van der Waals surface area contributed by atoms with Gasteiger partial charge in [0, 0.05) is 0 Å². The molecule has 4 nitrogen and oxygen atoms in total. The Morgan fingerprint density at radius 1 is 1.47 bits per heavy atom. The van der Waals surface area contributed by atoms with E-state index in [4.69, 9.17) is 10.5 Å². The summed E-state index contributed by atoms with van der Waals surface area (Å²) in [5, 5.41) is 20.1. The molecule has 0 unspecified atom stereocenters. The van der Waals surface area contributed by atoms with Gasteiger partial charge in [-0.15, -0.1) is 0 Å². The zero-order valence-electron chi connectivity index (χ0n) is 8.92. The number of hydrogen-bond acceptors (Lipinski definition) is 3. The standard InChI is InChI=1S/C11H15N3O/c1-9-2-5-11(8-13,6-3-9)14-10(15)4-7-12/h9H,2-6H2,1H3,(H,14,15). The van der Waals surface area contributed by atoms with Crippen LogP contribution >= 0.6 is 0 Å². The average molecular weight is 205 g/mol. The number of amides is 1. The molecule has 1 saturated carbocycles. The molecule has 0 atom stereocenters. The third-order valence-electron chi connectivity index (χ3n) is 2.96. The lowest BCUT2D eigenvalue weighted by Gasteiger charge is -2.34. The van der Waals surface area contributed by atoms with Gasteiger partial charge in [-0.2, -0.15) is 10.5 Å². The van der Waals surface area contributed by atoms with Crippen LogP contribution in [0.25, 0.3) is 0 Å². The van der Waals surface area contributed by atoms with Crippen molar-refractivity contribution in [3.8, 4) is 12.1 Å². The fourth-order valence-corrected chi connectivity index (χ4v) is 1.90. The summed E-state index contributed by atoms with van der Waals surface area (Å²) < 4.78 is 0. The van der Waals surface area contributed by atoms with Gasteiger partial charge in [-0.1, -0.05) is 6.92 Å². The van der Waals surface area contributed by atoms with Crippen LogP contribution in [0.2, 0.25) is 0 Å². The first-order valence-electron chi connectivity index (χ1n) is 5.21. The Bertz CT molecular complexity index is 316. The number of rotatable bonds is 2. The molecule has 4 heteroatoms. The molecule has 0 radical (unpaired) electrons. The zero-order valence-corrected chi connectivity index (χ0v) is 8.92. The highest BCUT2D eigenvalue weighted by Gasteiger charge is 2.35. The third-order valence-corrected chi connectivity index (χ3v) is 2.96. The minimum Gasteiger partial charge on any atom is -0.337 e. The molecule has 0 heterocycles. The maximum Gasteiger partial charge on any atom is 0.235 e. The molecule has 1 rings (SSSR count). The second-order valence-corrected chi connectivity index (χ2v) is 4.26. The molecule has 1 amide bonds. The second kappa shape index (κ2) is 4.79. The van der Waals surface area contributed by atoms with E-state index in [9.17, 15) is 4.79 Å². The smallest absolute Gasteiger partial charge is 0.235 e. The van der Waals surface area contributed by atoms with Crippen molar-refractivity contribution in [2.24, 2.45) is 5.92 Å². The minimum absolute atomic E-state index is 0.168. The number of carbonyl (C=O) groups excluding carboxylic acids is 1. The minimum atomic E-state index is -0.722. The number of carbonyl (C=O) groups is 1. The van der Waals surface area contributed by atoms with Crippen LogP contribution in [0.15, 0.2) is 0 Å². The monoisotopic (exact) mass is 205 g/mol. The van der Waals surface area contributed by atoms with Gasteiger partial charge in [-0.3, -0.25) is 4.79 Å². The van der Waals surface area contributed by atoms with E-state index in [0.29, 0.717) is 18.8 Å².